The zero-order valence-electron chi connectivity index (χ0n) is 16.4. The molecular weight excluding hydrogens is 354 g/mol. The van der Waals surface area contributed by atoms with Crippen molar-refractivity contribution in [3.8, 4) is 11.8 Å². The predicted octanol–water partition coefficient (Wildman–Crippen LogP) is 5.33. The van der Waals surface area contributed by atoms with Gasteiger partial charge >= 0.3 is 6.09 Å². The number of ether oxygens (including phenoxy) is 2. The Morgan fingerprint density at radius 1 is 1.08 bits per heavy atom. The van der Waals surface area contributed by atoms with Gasteiger partial charge in [-0.2, -0.15) is 0 Å². The van der Waals surface area contributed by atoms with Gasteiger partial charge in [0, 0.05) is 18.3 Å². The van der Waals surface area contributed by atoms with E-state index in [9.17, 15) is 4.79 Å². The van der Waals surface area contributed by atoms with Gasteiger partial charge in [-0.05, 0) is 32.1 Å². The number of carbonyl (C=O) groups excluding carboxylic acids is 1. The summed E-state index contributed by atoms with van der Waals surface area (Å²) in [6.07, 6.45) is 3.86. The second kappa shape index (κ2) is 16.9. The van der Waals surface area contributed by atoms with Gasteiger partial charge in [0.2, 0.25) is 0 Å². The van der Waals surface area contributed by atoms with Gasteiger partial charge < -0.3 is 14.8 Å². The molecule has 1 amide bonds. The summed E-state index contributed by atoms with van der Waals surface area (Å²) >= 11 is 0. The van der Waals surface area contributed by atoms with Crippen molar-refractivity contribution in [1.29, 1.82) is 0 Å². The first kappa shape index (κ1) is 24.5. The highest BCUT2D eigenvalue weighted by atomic mass is 33.1. The van der Waals surface area contributed by atoms with E-state index in [1.54, 1.807) is 10.8 Å². The highest BCUT2D eigenvalue weighted by molar-refractivity contribution is 8.76. The summed E-state index contributed by atoms with van der Waals surface area (Å²) < 4.78 is 10.8. The van der Waals surface area contributed by atoms with E-state index < -0.39 is 6.09 Å². The molecule has 0 aliphatic heterocycles. The van der Waals surface area contributed by atoms with Gasteiger partial charge in [0.1, 0.15) is 5.44 Å². The summed E-state index contributed by atoms with van der Waals surface area (Å²) in [6.45, 7) is 12.1. The van der Waals surface area contributed by atoms with Crippen molar-refractivity contribution in [3.63, 3.8) is 0 Å². The molecule has 0 aliphatic rings. The van der Waals surface area contributed by atoms with Crippen LogP contribution in [0.4, 0.5) is 4.79 Å². The maximum Gasteiger partial charge on any atom is 0.407 e. The van der Waals surface area contributed by atoms with E-state index >= 15 is 0 Å². The molecule has 0 aliphatic carbocycles. The third-order valence-electron chi connectivity index (χ3n) is 3.05. The van der Waals surface area contributed by atoms with Crippen LogP contribution in [0.25, 0.3) is 0 Å². The van der Waals surface area contributed by atoms with E-state index in [0.717, 1.165) is 18.8 Å². The lowest BCUT2D eigenvalue weighted by Crippen LogP contribution is -2.25. The summed E-state index contributed by atoms with van der Waals surface area (Å²) in [4.78, 5) is 11.4. The van der Waals surface area contributed by atoms with Gasteiger partial charge in [0.15, 0.2) is 0 Å². The predicted molar refractivity (Wildman–Crippen MR) is 111 cm³/mol. The van der Waals surface area contributed by atoms with Crippen molar-refractivity contribution in [2.45, 2.75) is 65.7 Å². The molecule has 4 nitrogen and oxygen atoms in total. The van der Waals surface area contributed by atoms with Gasteiger partial charge in [-0.3, -0.25) is 0 Å². The first-order chi connectivity index (χ1) is 11.9. The Labute approximate surface area is 162 Å². The Kier molecular flexibility index (Phi) is 16.6. The first-order valence-corrected chi connectivity index (χ1v) is 11.6. The molecule has 0 bridgehead atoms. The van der Waals surface area contributed by atoms with Crippen LogP contribution in [0.5, 0.6) is 0 Å². The number of unbranched alkanes of at least 4 members (excludes halogenated alkanes) is 1. The summed E-state index contributed by atoms with van der Waals surface area (Å²) in [5.74, 6) is 8.15. The van der Waals surface area contributed by atoms with Crippen molar-refractivity contribution >= 4 is 27.7 Å². The van der Waals surface area contributed by atoms with Crippen molar-refractivity contribution in [2.24, 2.45) is 11.8 Å². The maximum absolute atomic E-state index is 11.4. The second-order valence-corrected chi connectivity index (χ2v) is 9.35. The van der Waals surface area contributed by atoms with E-state index in [0.29, 0.717) is 25.7 Å². The van der Waals surface area contributed by atoms with Crippen LogP contribution in [-0.4, -0.2) is 37.0 Å². The third-order valence-corrected chi connectivity index (χ3v) is 5.77. The number of alkyl carbamates (subject to hydrolysis) is 1. The van der Waals surface area contributed by atoms with Crippen LogP contribution in [0.15, 0.2) is 0 Å². The van der Waals surface area contributed by atoms with Gasteiger partial charge in [-0.15, -0.1) is 0 Å². The highest BCUT2D eigenvalue weighted by Gasteiger charge is 2.04. The minimum Gasteiger partial charge on any atom is -0.450 e. The maximum atomic E-state index is 11.4. The Hall–Kier alpha value is -0.510. The zero-order chi connectivity index (χ0) is 18.9. The Morgan fingerprint density at radius 2 is 1.80 bits per heavy atom. The van der Waals surface area contributed by atoms with Gasteiger partial charge in [0.25, 0.3) is 0 Å². The van der Waals surface area contributed by atoms with Crippen LogP contribution in [0, 0.1) is 23.7 Å². The monoisotopic (exact) mass is 389 g/mol. The van der Waals surface area contributed by atoms with E-state index in [-0.39, 0.29) is 5.44 Å². The average Bonchev–Trinajstić information content (AvgIpc) is 2.54. The van der Waals surface area contributed by atoms with E-state index in [1.165, 1.54) is 18.6 Å². The van der Waals surface area contributed by atoms with Crippen LogP contribution in [0.1, 0.15) is 60.3 Å². The minimum atomic E-state index is -0.402. The molecule has 0 aromatic carbocycles. The van der Waals surface area contributed by atoms with E-state index in [4.69, 9.17) is 9.47 Å². The fraction of sp³-hybridized carbons (Fsp3) is 0.842. The molecule has 146 valence electrons. The van der Waals surface area contributed by atoms with Crippen molar-refractivity contribution in [1.82, 2.24) is 5.32 Å². The van der Waals surface area contributed by atoms with Gasteiger partial charge in [-0.25, -0.2) is 4.79 Å². The minimum absolute atomic E-state index is 0.202. The normalized spacial score (nSPS) is 12.0. The fourth-order valence-corrected chi connectivity index (χ4v) is 3.87. The molecule has 0 saturated carbocycles. The smallest absolute Gasteiger partial charge is 0.407 e. The van der Waals surface area contributed by atoms with Crippen LogP contribution in [0.2, 0.25) is 0 Å². The molecule has 1 N–H and O–H groups in total. The van der Waals surface area contributed by atoms with E-state index in [1.807, 2.05) is 24.6 Å². The quantitative estimate of drug-likeness (QED) is 0.200. The molecule has 0 unspecified atom stereocenters. The Bertz CT molecular complexity index is 392. The fourth-order valence-electron chi connectivity index (χ4n) is 1.76. The lowest BCUT2D eigenvalue weighted by atomic mass is 10.1. The second-order valence-electron chi connectivity index (χ2n) is 6.57. The zero-order valence-corrected chi connectivity index (χ0v) is 18.1. The molecular formula is C19H35NO3S2. The molecule has 0 aromatic heterocycles. The molecule has 0 radical (unpaired) electrons. The molecule has 0 heterocycles. The molecule has 25 heavy (non-hydrogen) atoms. The highest BCUT2D eigenvalue weighted by Crippen LogP contribution is 2.28. The third kappa shape index (κ3) is 19.7. The molecule has 0 aromatic rings. The number of nitrogens with one attached hydrogen (secondary N) is 1. The number of carbonyl (C=O) groups is 1. The average molecular weight is 390 g/mol. The van der Waals surface area contributed by atoms with Crippen molar-refractivity contribution in [2.75, 3.05) is 25.5 Å². The molecule has 1 atom stereocenters. The topological polar surface area (TPSA) is 47.6 Å². The number of amides is 1. The number of hydrogen-bond donors (Lipinski definition) is 1. The van der Waals surface area contributed by atoms with Gasteiger partial charge in [0.05, 0.1) is 13.2 Å². The molecule has 0 spiro atoms. The molecule has 6 heteroatoms. The number of rotatable bonds is 13. The largest absolute Gasteiger partial charge is 0.450 e. The standard InChI is InChI=1S/C19H35NO3S2/c1-16(2)10-8-12-20-19(21)23-14-7-6-13-22-18(5)25-24-15-9-11-17(3)4/h16-18H,6-7,9,11-15H2,1-5H3,(H,20,21)/t18-/m0/s1. The molecule has 0 rings (SSSR count). The van der Waals surface area contributed by atoms with Crippen LogP contribution < -0.4 is 5.32 Å². The summed E-state index contributed by atoms with van der Waals surface area (Å²) in [5.41, 5.74) is 0.202. The first-order valence-electron chi connectivity index (χ1n) is 9.20. The van der Waals surface area contributed by atoms with Crippen LogP contribution in [-0.2, 0) is 9.47 Å². The van der Waals surface area contributed by atoms with E-state index in [2.05, 4.69) is 37.9 Å². The number of hydrogen-bond acceptors (Lipinski definition) is 5. The molecule has 0 saturated heterocycles. The molecule has 0 fully saturated rings. The van der Waals surface area contributed by atoms with Gasteiger partial charge in [-0.1, -0.05) is 67.5 Å². The summed E-state index contributed by atoms with van der Waals surface area (Å²) in [6, 6.07) is 0. The summed E-state index contributed by atoms with van der Waals surface area (Å²) in [5, 5.41) is 2.62. The van der Waals surface area contributed by atoms with Crippen molar-refractivity contribution < 1.29 is 14.3 Å². The Balaban J connectivity index is 3.39. The van der Waals surface area contributed by atoms with Crippen molar-refractivity contribution in [3.05, 3.63) is 0 Å². The SMILES string of the molecule is CC(C)C#CCNC(=O)OCCCCO[C@H](C)SSCCCC(C)C. The lowest BCUT2D eigenvalue weighted by Gasteiger charge is -2.12. The Morgan fingerprint density at radius 3 is 2.48 bits per heavy atom. The van der Waals surface area contributed by atoms with Crippen LogP contribution in [0.3, 0.4) is 0 Å². The van der Waals surface area contributed by atoms with Crippen LogP contribution >= 0.6 is 21.6 Å². The lowest BCUT2D eigenvalue weighted by molar-refractivity contribution is 0.109. The summed E-state index contributed by atoms with van der Waals surface area (Å²) in [7, 11) is 3.69.